The minimum atomic E-state index is -0.0663. The molecular formula is C21H22N4O2. The number of aromatic nitrogens is 2. The summed E-state index contributed by atoms with van der Waals surface area (Å²) in [6.07, 6.45) is 7.71. The number of aliphatic imine (C=N–C) groups is 1. The summed E-state index contributed by atoms with van der Waals surface area (Å²) < 4.78 is 5.73. The summed E-state index contributed by atoms with van der Waals surface area (Å²) in [5, 5.41) is 1.15. The molecule has 0 amide bonds. The number of nitrogens with zero attached hydrogens (tertiary/aromatic N) is 3. The molecule has 4 rings (SSSR count). The zero-order chi connectivity index (χ0) is 18.5. The van der Waals surface area contributed by atoms with Crippen molar-refractivity contribution in [3.8, 4) is 5.75 Å². The number of aromatic amines is 1. The molecule has 1 aliphatic rings. The molecule has 3 aromatic rings. The average molecular weight is 362 g/mol. The van der Waals surface area contributed by atoms with Crippen molar-refractivity contribution < 1.29 is 9.53 Å². The maximum absolute atomic E-state index is 12.1. The van der Waals surface area contributed by atoms with E-state index in [0.717, 1.165) is 48.2 Å². The molecule has 0 bridgehead atoms. The maximum atomic E-state index is 12.1. The van der Waals surface area contributed by atoms with E-state index < -0.39 is 0 Å². The van der Waals surface area contributed by atoms with Crippen molar-refractivity contribution >= 4 is 28.7 Å². The lowest BCUT2D eigenvalue weighted by molar-refractivity contribution is -0.119. The van der Waals surface area contributed by atoms with Crippen LogP contribution in [-0.4, -0.2) is 48.2 Å². The van der Waals surface area contributed by atoms with Gasteiger partial charge in [0.25, 0.3) is 0 Å². The lowest BCUT2D eigenvalue weighted by Crippen LogP contribution is -2.21. The van der Waals surface area contributed by atoms with Gasteiger partial charge in [-0.3, -0.25) is 9.79 Å². The van der Waals surface area contributed by atoms with Crippen LogP contribution in [0.4, 0.5) is 5.82 Å². The highest BCUT2D eigenvalue weighted by molar-refractivity contribution is 5.90. The van der Waals surface area contributed by atoms with Crippen LogP contribution in [0.5, 0.6) is 5.75 Å². The fraction of sp³-hybridized carbons (Fsp3) is 0.286. The number of Topliss-reactive ketones (excluding diaryl/α,β-unsaturated/α-hetero) is 1. The highest BCUT2D eigenvalue weighted by atomic mass is 16.5. The van der Waals surface area contributed by atoms with Crippen LogP contribution in [0.2, 0.25) is 0 Å². The maximum Gasteiger partial charge on any atom is 0.191 e. The van der Waals surface area contributed by atoms with Gasteiger partial charge in [0.05, 0.1) is 0 Å². The van der Waals surface area contributed by atoms with Crippen LogP contribution in [-0.2, 0) is 4.79 Å². The molecule has 1 aromatic carbocycles. The molecule has 1 aliphatic heterocycles. The first-order valence-electron chi connectivity index (χ1n) is 9.21. The monoisotopic (exact) mass is 362 g/mol. The predicted octanol–water partition coefficient (Wildman–Crippen LogP) is 3.23. The molecule has 1 fully saturated rings. The summed E-state index contributed by atoms with van der Waals surface area (Å²) in [5.41, 5.74) is 2.02. The number of hydrogen-bond donors (Lipinski definition) is 1. The number of carbonyl (C=O) groups is 1. The highest BCUT2D eigenvalue weighted by Crippen LogP contribution is 2.28. The Morgan fingerprint density at radius 3 is 3.04 bits per heavy atom. The molecule has 6 nitrogen and oxygen atoms in total. The molecule has 3 heterocycles. The highest BCUT2D eigenvalue weighted by Gasteiger charge is 2.18. The van der Waals surface area contributed by atoms with Crippen LogP contribution in [0.3, 0.4) is 0 Å². The van der Waals surface area contributed by atoms with E-state index in [1.807, 2.05) is 42.6 Å². The molecule has 0 aliphatic carbocycles. The number of ether oxygens (including phenoxy) is 1. The van der Waals surface area contributed by atoms with Crippen molar-refractivity contribution in [3.05, 3.63) is 54.4 Å². The molecule has 6 heteroatoms. The van der Waals surface area contributed by atoms with E-state index in [2.05, 4.69) is 19.9 Å². The fourth-order valence-electron chi connectivity index (χ4n) is 3.26. The summed E-state index contributed by atoms with van der Waals surface area (Å²) in [5.74, 6) is 1.42. The number of ketones is 1. The lowest BCUT2D eigenvalue weighted by atomic mass is 10.2. The van der Waals surface area contributed by atoms with Crippen LogP contribution in [0.15, 0.2) is 53.8 Å². The van der Waals surface area contributed by atoms with Crippen LogP contribution in [0, 0.1) is 0 Å². The first-order valence-corrected chi connectivity index (χ1v) is 9.21. The van der Waals surface area contributed by atoms with E-state index in [1.54, 1.807) is 12.4 Å². The SMILES string of the molecule is O=C(CN=Cc1ccc2cc[nH]c2c1)COc1cccnc1N1CCCC1. The van der Waals surface area contributed by atoms with Gasteiger partial charge in [0, 0.05) is 37.2 Å². The van der Waals surface area contributed by atoms with Gasteiger partial charge in [-0.1, -0.05) is 12.1 Å². The van der Waals surface area contributed by atoms with Crippen molar-refractivity contribution in [2.24, 2.45) is 4.99 Å². The van der Waals surface area contributed by atoms with Gasteiger partial charge in [0.1, 0.15) is 13.2 Å². The van der Waals surface area contributed by atoms with E-state index >= 15 is 0 Å². The third-order valence-electron chi connectivity index (χ3n) is 4.63. The Kier molecular flexibility index (Phi) is 5.14. The molecule has 0 spiro atoms. The first kappa shape index (κ1) is 17.3. The number of hydrogen-bond acceptors (Lipinski definition) is 5. The van der Waals surface area contributed by atoms with Gasteiger partial charge in [-0.25, -0.2) is 4.98 Å². The van der Waals surface area contributed by atoms with E-state index in [9.17, 15) is 4.79 Å². The number of carbonyl (C=O) groups excluding carboxylic acids is 1. The minimum absolute atomic E-state index is 0.000460. The van der Waals surface area contributed by atoms with Gasteiger partial charge in [-0.05, 0) is 48.1 Å². The third-order valence-corrected chi connectivity index (χ3v) is 4.63. The number of nitrogens with one attached hydrogen (secondary N) is 1. The zero-order valence-corrected chi connectivity index (χ0v) is 15.1. The number of fused-ring (bicyclic) bond motifs is 1. The Bertz CT molecular complexity index is 957. The second kappa shape index (κ2) is 8.03. The second-order valence-corrected chi connectivity index (χ2v) is 6.64. The first-order chi connectivity index (χ1) is 13.3. The predicted molar refractivity (Wildman–Crippen MR) is 107 cm³/mol. The van der Waals surface area contributed by atoms with Gasteiger partial charge in [-0.15, -0.1) is 0 Å². The van der Waals surface area contributed by atoms with Crippen molar-refractivity contribution in [1.82, 2.24) is 9.97 Å². The van der Waals surface area contributed by atoms with E-state index in [-0.39, 0.29) is 18.9 Å². The second-order valence-electron chi connectivity index (χ2n) is 6.64. The quantitative estimate of drug-likeness (QED) is 0.655. The van der Waals surface area contributed by atoms with Gasteiger partial charge in [-0.2, -0.15) is 0 Å². The molecule has 0 saturated carbocycles. The standard InChI is InChI=1S/C21H22N4O2/c26-18(14-22-13-16-5-6-17-7-9-23-19(17)12-16)15-27-20-4-3-8-24-21(20)25-10-1-2-11-25/h3-9,12-13,23H,1-2,10-11,14-15H2. The van der Waals surface area contributed by atoms with E-state index in [0.29, 0.717) is 5.75 Å². The normalized spacial score (nSPS) is 14.3. The number of anilines is 1. The molecule has 2 aromatic heterocycles. The fourth-order valence-corrected chi connectivity index (χ4v) is 3.26. The topological polar surface area (TPSA) is 70.6 Å². The van der Waals surface area contributed by atoms with Crippen LogP contribution < -0.4 is 9.64 Å². The Morgan fingerprint density at radius 2 is 2.15 bits per heavy atom. The summed E-state index contributed by atoms with van der Waals surface area (Å²) in [6.45, 7) is 2.06. The van der Waals surface area contributed by atoms with Crippen molar-refractivity contribution in [2.75, 3.05) is 31.1 Å². The van der Waals surface area contributed by atoms with Crippen molar-refractivity contribution in [2.45, 2.75) is 12.8 Å². The van der Waals surface area contributed by atoms with Crippen molar-refractivity contribution in [3.63, 3.8) is 0 Å². The van der Waals surface area contributed by atoms with Gasteiger partial charge in [0.15, 0.2) is 17.4 Å². The average Bonchev–Trinajstić information content (AvgIpc) is 3.38. The van der Waals surface area contributed by atoms with Crippen LogP contribution in [0.25, 0.3) is 10.9 Å². The molecule has 1 saturated heterocycles. The number of rotatable bonds is 7. The molecule has 138 valence electrons. The third kappa shape index (κ3) is 4.16. The Labute approximate surface area is 157 Å². The lowest BCUT2D eigenvalue weighted by Gasteiger charge is -2.19. The van der Waals surface area contributed by atoms with Gasteiger partial charge >= 0.3 is 0 Å². The summed E-state index contributed by atoms with van der Waals surface area (Å²) in [7, 11) is 0. The number of benzene rings is 1. The number of pyridine rings is 1. The van der Waals surface area contributed by atoms with E-state index in [4.69, 9.17) is 4.74 Å². The largest absolute Gasteiger partial charge is 0.482 e. The molecule has 0 radical (unpaired) electrons. The van der Waals surface area contributed by atoms with Crippen LogP contribution >= 0.6 is 0 Å². The smallest absolute Gasteiger partial charge is 0.191 e. The van der Waals surface area contributed by atoms with E-state index in [1.165, 1.54) is 0 Å². The Balaban J connectivity index is 1.32. The summed E-state index contributed by atoms with van der Waals surface area (Å²) >= 11 is 0. The Hall–Kier alpha value is -3.15. The van der Waals surface area contributed by atoms with Gasteiger partial charge in [0.2, 0.25) is 0 Å². The molecule has 0 atom stereocenters. The van der Waals surface area contributed by atoms with Gasteiger partial charge < -0.3 is 14.6 Å². The molecule has 1 N–H and O–H groups in total. The molecule has 27 heavy (non-hydrogen) atoms. The minimum Gasteiger partial charge on any atom is -0.482 e. The zero-order valence-electron chi connectivity index (χ0n) is 15.1. The summed E-state index contributed by atoms with van der Waals surface area (Å²) in [4.78, 5) is 26.2. The Morgan fingerprint density at radius 1 is 1.26 bits per heavy atom. The van der Waals surface area contributed by atoms with Crippen molar-refractivity contribution in [1.29, 1.82) is 0 Å². The molecular weight excluding hydrogens is 340 g/mol. The number of H-pyrrole nitrogens is 1. The summed E-state index contributed by atoms with van der Waals surface area (Å²) in [6, 6.07) is 11.7. The molecule has 0 unspecified atom stereocenters. The van der Waals surface area contributed by atoms with Crippen LogP contribution in [0.1, 0.15) is 18.4 Å².